The van der Waals surface area contributed by atoms with E-state index < -0.39 is 0 Å². The zero-order chi connectivity index (χ0) is 26.5. The third-order valence-electron chi connectivity index (χ3n) is 5.82. The summed E-state index contributed by atoms with van der Waals surface area (Å²) in [5.41, 5.74) is 3.75. The molecule has 0 aliphatic carbocycles. The van der Waals surface area contributed by atoms with E-state index in [4.69, 9.17) is 4.74 Å². The number of aryl methyl sites for hydroxylation is 1. The van der Waals surface area contributed by atoms with Gasteiger partial charge in [-0.25, -0.2) is 4.98 Å². The van der Waals surface area contributed by atoms with Crippen molar-refractivity contribution in [2.24, 2.45) is 0 Å². The highest BCUT2D eigenvalue weighted by atomic mass is 16.5. The summed E-state index contributed by atoms with van der Waals surface area (Å²) in [6, 6.07) is 11.5. The molecule has 0 saturated heterocycles. The lowest BCUT2D eigenvalue weighted by Gasteiger charge is -2.25. The Hall–Kier alpha value is -4.51. The number of aromatic nitrogens is 5. The molecule has 0 fully saturated rings. The molecule has 0 atom stereocenters. The zero-order valence-corrected chi connectivity index (χ0v) is 21.7. The highest BCUT2D eigenvalue weighted by Crippen LogP contribution is 2.38. The van der Waals surface area contributed by atoms with Crippen LogP contribution in [0.3, 0.4) is 0 Å². The number of carbonyl (C=O) groups is 1. The number of hydrogen-bond donors (Lipinski definition) is 2. The number of rotatable bonds is 10. The van der Waals surface area contributed by atoms with Gasteiger partial charge in [0.1, 0.15) is 12.1 Å². The number of benzene rings is 2. The Balaban J connectivity index is 1.71. The monoisotopic (exact) mass is 501 g/mol. The van der Waals surface area contributed by atoms with Crippen LogP contribution in [0.2, 0.25) is 0 Å². The number of amides is 1. The van der Waals surface area contributed by atoms with Crippen LogP contribution in [0.1, 0.15) is 5.69 Å². The number of hydrogen-bond acceptors (Lipinski definition) is 9. The molecular formula is C26H31N9O2. The number of fused-ring (bicyclic) bond motifs is 1. The van der Waals surface area contributed by atoms with Gasteiger partial charge < -0.3 is 25.2 Å². The van der Waals surface area contributed by atoms with E-state index >= 15 is 0 Å². The molecule has 0 bridgehead atoms. The van der Waals surface area contributed by atoms with Crippen LogP contribution in [0.25, 0.3) is 16.9 Å². The first-order valence-corrected chi connectivity index (χ1v) is 11.7. The topological polar surface area (TPSA) is 113 Å². The van der Waals surface area contributed by atoms with E-state index in [-0.39, 0.29) is 5.91 Å². The maximum Gasteiger partial charge on any atom is 0.255 e. The van der Waals surface area contributed by atoms with E-state index in [0.29, 0.717) is 29.0 Å². The molecule has 4 rings (SSSR count). The summed E-state index contributed by atoms with van der Waals surface area (Å²) in [5, 5.41) is 11.7. The van der Waals surface area contributed by atoms with Gasteiger partial charge in [0.25, 0.3) is 5.95 Å². The van der Waals surface area contributed by atoms with Crippen molar-refractivity contribution in [2.45, 2.75) is 6.92 Å². The Morgan fingerprint density at radius 1 is 1.14 bits per heavy atom. The van der Waals surface area contributed by atoms with E-state index in [1.807, 2.05) is 58.4 Å². The predicted molar refractivity (Wildman–Crippen MR) is 146 cm³/mol. The van der Waals surface area contributed by atoms with Crippen molar-refractivity contribution >= 4 is 39.8 Å². The highest BCUT2D eigenvalue weighted by molar-refractivity contribution is 6.02. The summed E-state index contributed by atoms with van der Waals surface area (Å²) in [6.45, 7) is 7.09. The van der Waals surface area contributed by atoms with E-state index in [2.05, 4.69) is 47.1 Å². The molecule has 2 N–H and O–H groups in total. The van der Waals surface area contributed by atoms with Gasteiger partial charge in [-0.2, -0.15) is 19.7 Å². The fourth-order valence-corrected chi connectivity index (χ4v) is 3.85. The largest absolute Gasteiger partial charge is 0.494 e. The van der Waals surface area contributed by atoms with Crippen LogP contribution in [0.15, 0.2) is 55.4 Å². The molecular weight excluding hydrogens is 470 g/mol. The van der Waals surface area contributed by atoms with Gasteiger partial charge in [0, 0.05) is 31.6 Å². The van der Waals surface area contributed by atoms with Crippen LogP contribution in [0.4, 0.5) is 23.0 Å². The Morgan fingerprint density at radius 3 is 2.65 bits per heavy atom. The first-order valence-electron chi connectivity index (χ1n) is 11.7. The highest BCUT2D eigenvalue weighted by Gasteiger charge is 2.17. The van der Waals surface area contributed by atoms with Crippen molar-refractivity contribution < 1.29 is 9.53 Å². The normalized spacial score (nSPS) is 11.0. The SMILES string of the molecule is C=CC(=O)Nc1cc(Nc2ncnc(-n3nc(C)c4ccccc43)n2)c(OC)cc1N(C)CCN(C)C. The Labute approximate surface area is 215 Å². The van der Waals surface area contributed by atoms with Gasteiger partial charge >= 0.3 is 0 Å². The Morgan fingerprint density at radius 2 is 1.92 bits per heavy atom. The molecule has 4 aromatic rings. The van der Waals surface area contributed by atoms with E-state index in [0.717, 1.165) is 35.4 Å². The summed E-state index contributed by atoms with van der Waals surface area (Å²) in [5.74, 6) is 0.920. The van der Waals surface area contributed by atoms with Crippen molar-refractivity contribution in [3.05, 3.63) is 61.1 Å². The number of carbonyl (C=O) groups excluding carboxylic acids is 1. The number of para-hydroxylation sites is 1. The molecule has 0 spiro atoms. The van der Waals surface area contributed by atoms with E-state index in [9.17, 15) is 4.79 Å². The first kappa shape index (κ1) is 25.6. The number of ether oxygens (including phenoxy) is 1. The minimum absolute atomic E-state index is 0.301. The lowest BCUT2D eigenvalue weighted by atomic mass is 10.2. The van der Waals surface area contributed by atoms with Gasteiger partial charge in [0.05, 0.1) is 35.4 Å². The number of anilines is 4. The first-order chi connectivity index (χ1) is 17.8. The summed E-state index contributed by atoms with van der Waals surface area (Å²) < 4.78 is 7.36. The zero-order valence-electron chi connectivity index (χ0n) is 21.7. The second-order valence-corrected chi connectivity index (χ2v) is 8.74. The van der Waals surface area contributed by atoms with Crippen LogP contribution in [-0.2, 0) is 4.79 Å². The van der Waals surface area contributed by atoms with Gasteiger partial charge in [-0.15, -0.1) is 0 Å². The lowest BCUT2D eigenvalue weighted by molar-refractivity contribution is -0.111. The van der Waals surface area contributed by atoms with Gasteiger partial charge in [-0.3, -0.25) is 4.79 Å². The number of nitrogens with one attached hydrogen (secondary N) is 2. The van der Waals surface area contributed by atoms with E-state index in [1.54, 1.807) is 17.9 Å². The molecule has 0 aliphatic rings. The summed E-state index contributed by atoms with van der Waals surface area (Å²) in [6.07, 6.45) is 2.66. The van der Waals surface area contributed by atoms with Gasteiger partial charge in [0.15, 0.2) is 0 Å². The molecule has 0 radical (unpaired) electrons. The van der Waals surface area contributed by atoms with Crippen LogP contribution >= 0.6 is 0 Å². The molecule has 0 saturated carbocycles. The maximum atomic E-state index is 12.2. The molecule has 2 heterocycles. The van der Waals surface area contributed by atoms with Gasteiger partial charge in [0.2, 0.25) is 11.9 Å². The summed E-state index contributed by atoms with van der Waals surface area (Å²) in [7, 11) is 7.57. The number of likely N-dealkylation sites (N-methyl/N-ethyl adjacent to an activating group) is 2. The quantitative estimate of drug-likeness (QED) is 0.316. The summed E-state index contributed by atoms with van der Waals surface area (Å²) in [4.78, 5) is 29.5. The Bertz CT molecular complexity index is 1430. The second-order valence-electron chi connectivity index (χ2n) is 8.74. The predicted octanol–water partition coefficient (Wildman–Crippen LogP) is 3.39. The fourth-order valence-electron chi connectivity index (χ4n) is 3.85. The molecule has 1 amide bonds. The standard InChI is InChI=1S/C26H31N9O2/c1-7-24(36)29-19-14-20(23(37-6)15-22(19)34(5)13-12-33(3)4)30-25-27-16-28-26(31-25)35-21-11-9-8-10-18(21)17(2)32-35/h7-11,14-16H,1,12-13H2,2-6H3,(H,29,36)(H,27,28,30,31). The van der Waals surface area contributed by atoms with Crippen molar-refractivity contribution in [3.8, 4) is 11.7 Å². The minimum Gasteiger partial charge on any atom is -0.494 e. The van der Waals surface area contributed by atoms with Crippen LogP contribution in [0, 0.1) is 6.92 Å². The molecule has 2 aromatic heterocycles. The van der Waals surface area contributed by atoms with Gasteiger partial charge in [-0.05, 0) is 39.2 Å². The number of methoxy groups -OCH3 is 1. The second kappa shape index (κ2) is 11.0. The molecule has 192 valence electrons. The average Bonchev–Trinajstić information content (AvgIpc) is 3.24. The molecule has 2 aromatic carbocycles. The third-order valence-corrected chi connectivity index (χ3v) is 5.82. The molecule has 0 aliphatic heterocycles. The van der Waals surface area contributed by atoms with Crippen molar-refractivity contribution in [1.82, 2.24) is 29.6 Å². The maximum absolute atomic E-state index is 12.2. The van der Waals surface area contributed by atoms with Crippen molar-refractivity contribution in [2.75, 3.05) is 56.9 Å². The third kappa shape index (κ3) is 5.67. The van der Waals surface area contributed by atoms with Gasteiger partial charge in [-0.1, -0.05) is 24.8 Å². The molecule has 11 nitrogen and oxygen atoms in total. The smallest absolute Gasteiger partial charge is 0.255 e. The van der Waals surface area contributed by atoms with Crippen LogP contribution < -0.4 is 20.3 Å². The lowest BCUT2D eigenvalue weighted by Crippen LogP contribution is -2.29. The molecule has 11 heteroatoms. The fraction of sp³-hybridized carbons (Fsp3) is 0.269. The van der Waals surface area contributed by atoms with Crippen LogP contribution in [0.5, 0.6) is 5.75 Å². The molecule has 37 heavy (non-hydrogen) atoms. The molecule has 0 unspecified atom stereocenters. The van der Waals surface area contributed by atoms with E-state index in [1.165, 1.54) is 12.4 Å². The average molecular weight is 502 g/mol. The number of nitrogens with zero attached hydrogens (tertiary/aromatic N) is 7. The van der Waals surface area contributed by atoms with Crippen molar-refractivity contribution in [3.63, 3.8) is 0 Å². The Kier molecular flexibility index (Phi) is 7.63. The summed E-state index contributed by atoms with van der Waals surface area (Å²) >= 11 is 0. The van der Waals surface area contributed by atoms with Crippen LogP contribution in [-0.4, -0.2) is 76.9 Å². The minimum atomic E-state index is -0.318. The van der Waals surface area contributed by atoms with Crippen molar-refractivity contribution in [1.29, 1.82) is 0 Å².